The van der Waals surface area contributed by atoms with Crippen molar-refractivity contribution in [3.8, 4) is 0 Å². The third-order valence-corrected chi connectivity index (χ3v) is 8.40. The Kier molecular flexibility index (Phi) is 6.10. The van der Waals surface area contributed by atoms with Crippen molar-refractivity contribution in [1.82, 2.24) is 14.0 Å². The van der Waals surface area contributed by atoms with Gasteiger partial charge in [0.2, 0.25) is 10.0 Å². The molecule has 2 N–H and O–H groups in total. The molecule has 0 aliphatic carbocycles. The lowest BCUT2D eigenvalue weighted by Gasteiger charge is -2.20. The fraction of sp³-hybridized carbons (Fsp3) is 0.529. The van der Waals surface area contributed by atoms with Gasteiger partial charge in [0.05, 0.1) is 5.75 Å². The smallest absolute Gasteiger partial charge is 0.361 e. The van der Waals surface area contributed by atoms with Crippen LogP contribution in [0.5, 0.6) is 0 Å². The number of nitrogens with zero attached hydrogens (tertiary/aromatic N) is 2. The first-order valence-corrected chi connectivity index (χ1v) is 12.0. The molecule has 0 bridgehead atoms. The molecule has 0 spiro atoms. The number of likely N-dealkylation sites (N-methyl/N-ethyl adjacent to an activating group) is 1. The maximum Gasteiger partial charge on any atom is 0.405 e. The van der Waals surface area contributed by atoms with Crippen LogP contribution in [0.1, 0.15) is 24.0 Å². The van der Waals surface area contributed by atoms with E-state index in [1.807, 2.05) is 24.4 Å². The second-order valence-electron chi connectivity index (χ2n) is 6.86. The Balaban J connectivity index is 1.72. The van der Waals surface area contributed by atoms with Crippen LogP contribution in [-0.2, 0) is 31.3 Å². The van der Waals surface area contributed by atoms with E-state index in [2.05, 4.69) is 9.51 Å². The van der Waals surface area contributed by atoms with Gasteiger partial charge >= 0.3 is 7.75 Å². The summed E-state index contributed by atoms with van der Waals surface area (Å²) >= 11 is 0. The molecule has 2 aromatic rings. The normalized spacial score (nSPS) is 18.4. The number of rotatable bonds is 8. The van der Waals surface area contributed by atoms with Crippen molar-refractivity contribution in [2.24, 2.45) is 0 Å². The lowest BCUT2D eigenvalue weighted by Crippen LogP contribution is -2.29. The van der Waals surface area contributed by atoms with Gasteiger partial charge in [0.25, 0.3) is 0 Å². The fourth-order valence-electron chi connectivity index (χ4n) is 3.35. The summed E-state index contributed by atoms with van der Waals surface area (Å²) in [5, 5.41) is 0.982. The van der Waals surface area contributed by atoms with Crippen molar-refractivity contribution in [2.45, 2.75) is 25.0 Å². The Morgan fingerprint density at radius 2 is 2.04 bits per heavy atom. The zero-order valence-electron chi connectivity index (χ0n) is 15.6. The molecule has 0 saturated carbocycles. The van der Waals surface area contributed by atoms with Crippen molar-refractivity contribution < 1.29 is 22.4 Å². The van der Waals surface area contributed by atoms with Gasteiger partial charge in [-0.15, -0.1) is 0 Å². The summed E-state index contributed by atoms with van der Waals surface area (Å²) in [5.41, 5.74) is 2.61. The predicted molar refractivity (Wildman–Crippen MR) is 105 cm³/mol. The summed E-state index contributed by atoms with van der Waals surface area (Å²) in [5.74, 6) is 0.00155. The number of hydrogen-bond acceptors (Lipinski definition) is 4. The summed E-state index contributed by atoms with van der Waals surface area (Å²) in [6.45, 7) is 1.58. The molecule has 1 aliphatic rings. The topological polar surface area (TPSA) is 103 Å². The van der Waals surface area contributed by atoms with E-state index in [0.29, 0.717) is 26.1 Å². The minimum Gasteiger partial charge on any atom is -0.361 e. The minimum atomic E-state index is -3.73. The Bertz CT molecular complexity index is 953. The van der Waals surface area contributed by atoms with Crippen molar-refractivity contribution in [3.05, 3.63) is 35.5 Å². The highest BCUT2D eigenvalue weighted by Crippen LogP contribution is 2.43. The van der Waals surface area contributed by atoms with Gasteiger partial charge in [0.15, 0.2) is 0 Å². The van der Waals surface area contributed by atoms with E-state index in [9.17, 15) is 17.9 Å². The van der Waals surface area contributed by atoms with Gasteiger partial charge in [0.1, 0.15) is 0 Å². The lowest BCUT2D eigenvalue weighted by atomic mass is 10.1. The van der Waals surface area contributed by atoms with Crippen LogP contribution in [-0.4, -0.2) is 61.1 Å². The molecule has 150 valence electrons. The number of aromatic amines is 1. The van der Waals surface area contributed by atoms with Crippen molar-refractivity contribution in [1.29, 1.82) is 0 Å². The van der Waals surface area contributed by atoms with Crippen LogP contribution in [0.2, 0.25) is 0 Å². The van der Waals surface area contributed by atoms with E-state index in [1.165, 1.54) is 11.8 Å². The number of hydrogen-bond donors (Lipinski definition) is 2. The summed E-state index contributed by atoms with van der Waals surface area (Å²) in [7, 11) is -4.26. The van der Waals surface area contributed by atoms with Crippen molar-refractivity contribution in [3.63, 3.8) is 0 Å². The third-order valence-electron chi connectivity index (χ3n) is 5.01. The monoisotopic (exact) mass is 415 g/mol. The van der Waals surface area contributed by atoms with Crippen LogP contribution in [0.15, 0.2) is 24.4 Å². The van der Waals surface area contributed by atoms with Crippen LogP contribution in [0, 0.1) is 0 Å². The second-order valence-corrected chi connectivity index (χ2v) is 10.9. The molecule has 1 saturated heterocycles. The average molecular weight is 415 g/mol. The van der Waals surface area contributed by atoms with E-state index in [-0.39, 0.29) is 5.75 Å². The molecule has 10 heteroatoms. The van der Waals surface area contributed by atoms with E-state index in [0.717, 1.165) is 34.9 Å². The van der Waals surface area contributed by atoms with Gasteiger partial charge in [-0.05, 0) is 43.5 Å². The molecular formula is C17H26N3O5PS. The molecule has 3 rings (SSSR count). The SMILES string of the molecule is COP(=O)(O)N(C)CCc1c[nH]c2cc(CS(=O)(=O)N3CCCC3)ccc12. The van der Waals surface area contributed by atoms with Crippen LogP contribution in [0.3, 0.4) is 0 Å². The molecule has 1 atom stereocenters. The molecular weight excluding hydrogens is 389 g/mol. The molecule has 1 aromatic heterocycles. The number of benzene rings is 1. The van der Waals surface area contributed by atoms with E-state index in [4.69, 9.17) is 0 Å². The van der Waals surface area contributed by atoms with Crippen LogP contribution in [0.25, 0.3) is 10.9 Å². The maximum atomic E-state index is 12.5. The Hall–Kier alpha value is -1.22. The number of fused-ring (bicyclic) bond motifs is 1. The zero-order valence-corrected chi connectivity index (χ0v) is 17.3. The first-order chi connectivity index (χ1) is 12.7. The van der Waals surface area contributed by atoms with Crippen LogP contribution >= 0.6 is 7.75 Å². The average Bonchev–Trinajstić information content (AvgIpc) is 3.29. The van der Waals surface area contributed by atoms with Gasteiger partial charge in [-0.3, -0.25) is 0 Å². The summed E-state index contributed by atoms with van der Waals surface area (Å²) < 4.78 is 44.3. The molecule has 2 heterocycles. The van der Waals surface area contributed by atoms with E-state index < -0.39 is 17.8 Å². The Morgan fingerprint density at radius 1 is 1.33 bits per heavy atom. The highest BCUT2D eigenvalue weighted by Gasteiger charge is 2.26. The van der Waals surface area contributed by atoms with Crippen LogP contribution < -0.4 is 0 Å². The van der Waals surface area contributed by atoms with Crippen molar-refractivity contribution in [2.75, 3.05) is 33.8 Å². The van der Waals surface area contributed by atoms with Gasteiger partial charge in [-0.25, -0.2) is 22.0 Å². The molecule has 1 aliphatic heterocycles. The predicted octanol–water partition coefficient (Wildman–Crippen LogP) is 2.31. The summed E-state index contributed by atoms with van der Waals surface area (Å²) in [4.78, 5) is 12.8. The Morgan fingerprint density at radius 3 is 2.70 bits per heavy atom. The Labute approximate surface area is 159 Å². The molecule has 0 amide bonds. The number of H-pyrrole nitrogens is 1. The van der Waals surface area contributed by atoms with E-state index in [1.54, 1.807) is 11.4 Å². The molecule has 1 unspecified atom stereocenters. The fourth-order valence-corrected chi connectivity index (χ4v) is 5.58. The van der Waals surface area contributed by atoms with Gasteiger partial charge in [-0.1, -0.05) is 12.1 Å². The molecule has 0 radical (unpaired) electrons. The lowest BCUT2D eigenvalue weighted by molar-refractivity contribution is 0.253. The van der Waals surface area contributed by atoms with Gasteiger partial charge < -0.3 is 14.4 Å². The van der Waals surface area contributed by atoms with Gasteiger partial charge in [0, 0.05) is 43.8 Å². The minimum absolute atomic E-state index is 0.00155. The third kappa shape index (κ3) is 4.62. The standard InChI is InChI=1S/C17H26N3O5PS/c1-19(26(21,22)25-2)10-7-15-12-18-17-11-14(5-6-16(15)17)13-27(23,24)20-8-3-4-9-20/h5-6,11-12,18H,3-4,7-10,13H2,1-2H3,(H,21,22). The van der Waals surface area contributed by atoms with Gasteiger partial charge in [-0.2, -0.15) is 0 Å². The highest BCUT2D eigenvalue weighted by molar-refractivity contribution is 7.88. The summed E-state index contributed by atoms with van der Waals surface area (Å²) in [6, 6.07) is 5.61. The van der Waals surface area contributed by atoms with Crippen LogP contribution in [0.4, 0.5) is 0 Å². The van der Waals surface area contributed by atoms with Crippen molar-refractivity contribution >= 4 is 28.7 Å². The van der Waals surface area contributed by atoms with E-state index >= 15 is 0 Å². The molecule has 1 fully saturated rings. The number of nitrogens with one attached hydrogen (secondary N) is 1. The molecule has 8 nitrogen and oxygen atoms in total. The number of sulfonamides is 1. The highest BCUT2D eigenvalue weighted by atomic mass is 32.2. The molecule has 27 heavy (non-hydrogen) atoms. The zero-order chi connectivity index (χ0) is 19.7. The quantitative estimate of drug-likeness (QED) is 0.642. The largest absolute Gasteiger partial charge is 0.405 e. The number of aromatic nitrogens is 1. The first kappa shape index (κ1) is 20.5. The maximum absolute atomic E-state index is 12.5. The second kappa shape index (κ2) is 8.03. The summed E-state index contributed by atoms with van der Waals surface area (Å²) in [6.07, 6.45) is 4.27. The first-order valence-electron chi connectivity index (χ1n) is 8.90. The molecule has 1 aromatic carbocycles.